The third-order valence-electron chi connectivity index (χ3n) is 5.36. The SMILES string of the molecule is CCNC(=O)C1(NC(=O)C=Cc2csc(N(C(C)=O)c3ccccc3F)n2)CCCCC1. The van der Waals surface area contributed by atoms with Crippen LogP contribution in [0.2, 0.25) is 0 Å². The maximum atomic E-state index is 14.2. The van der Waals surface area contributed by atoms with E-state index < -0.39 is 11.4 Å². The maximum absolute atomic E-state index is 14.2. The number of anilines is 2. The molecule has 0 radical (unpaired) electrons. The van der Waals surface area contributed by atoms with Gasteiger partial charge in [0.05, 0.1) is 11.4 Å². The Bertz CT molecular complexity index is 1010. The minimum atomic E-state index is -0.890. The predicted molar refractivity (Wildman–Crippen MR) is 123 cm³/mol. The van der Waals surface area contributed by atoms with E-state index in [1.165, 1.54) is 47.4 Å². The number of nitrogens with zero attached hydrogens (tertiary/aromatic N) is 2. The lowest BCUT2D eigenvalue weighted by atomic mass is 9.80. The summed E-state index contributed by atoms with van der Waals surface area (Å²) < 4.78 is 14.2. The highest BCUT2D eigenvalue weighted by Crippen LogP contribution is 2.31. The van der Waals surface area contributed by atoms with Crippen molar-refractivity contribution in [2.75, 3.05) is 11.4 Å². The molecule has 32 heavy (non-hydrogen) atoms. The summed E-state index contributed by atoms with van der Waals surface area (Å²) in [5, 5.41) is 7.69. The number of amides is 3. The Morgan fingerprint density at radius 1 is 1.22 bits per heavy atom. The molecular formula is C23H27FN4O3S. The molecule has 1 aliphatic rings. The zero-order valence-corrected chi connectivity index (χ0v) is 19.0. The van der Waals surface area contributed by atoms with Gasteiger partial charge < -0.3 is 10.6 Å². The third kappa shape index (κ3) is 5.40. The van der Waals surface area contributed by atoms with Crippen molar-refractivity contribution < 1.29 is 18.8 Å². The first-order chi connectivity index (χ1) is 15.4. The molecule has 0 unspecified atom stereocenters. The lowest BCUT2D eigenvalue weighted by Crippen LogP contribution is -2.59. The fourth-order valence-electron chi connectivity index (χ4n) is 3.83. The van der Waals surface area contributed by atoms with Crippen LogP contribution in [-0.2, 0) is 14.4 Å². The van der Waals surface area contributed by atoms with E-state index in [4.69, 9.17) is 0 Å². The summed E-state index contributed by atoms with van der Waals surface area (Å²) >= 11 is 1.17. The van der Waals surface area contributed by atoms with Crippen LogP contribution in [0, 0.1) is 5.82 Å². The summed E-state index contributed by atoms with van der Waals surface area (Å²) in [5.74, 6) is -1.44. The zero-order valence-electron chi connectivity index (χ0n) is 18.2. The van der Waals surface area contributed by atoms with E-state index in [1.807, 2.05) is 6.92 Å². The van der Waals surface area contributed by atoms with Crippen molar-refractivity contribution in [3.63, 3.8) is 0 Å². The van der Waals surface area contributed by atoms with E-state index in [0.717, 1.165) is 19.3 Å². The first kappa shape index (κ1) is 23.6. The van der Waals surface area contributed by atoms with Crippen molar-refractivity contribution in [2.24, 2.45) is 0 Å². The largest absolute Gasteiger partial charge is 0.354 e. The monoisotopic (exact) mass is 458 g/mol. The number of halogens is 1. The molecule has 0 saturated heterocycles. The Labute approximate surface area is 190 Å². The summed E-state index contributed by atoms with van der Waals surface area (Å²) in [6.07, 6.45) is 6.87. The summed E-state index contributed by atoms with van der Waals surface area (Å²) in [5.41, 5.74) is -0.318. The summed E-state index contributed by atoms with van der Waals surface area (Å²) in [7, 11) is 0. The average molecular weight is 459 g/mol. The van der Waals surface area contributed by atoms with Crippen LogP contribution in [0.5, 0.6) is 0 Å². The van der Waals surface area contributed by atoms with E-state index in [0.29, 0.717) is 30.2 Å². The summed E-state index contributed by atoms with van der Waals surface area (Å²) in [6, 6.07) is 5.97. The number of hydrogen-bond donors (Lipinski definition) is 2. The number of para-hydroxylation sites is 1. The van der Waals surface area contributed by atoms with Gasteiger partial charge in [0.2, 0.25) is 17.7 Å². The first-order valence-electron chi connectivity index (χ1n) is 10.7. The van der Waals surface area contributed by atoms with Crippen LogP contribution in [0.25, 0.3) is 6.08 Å². The van der Waals surface area contributed by atoms with Crippen molar-refractivity contribution in [1.82, 2.24) is 15.6 Å². The number of nitrogens with one attached hydrogen (secondary N) is 2. The highest BCUT2D eigenvalue weighted by atomic mass is 32.1. The molecule has 2 N–H and O–H groups in total. The molecule has 1 fully saturated rings. The molecule has 170 valence electrons. The molecule has 1 aromatic carbocycles. The number of thiazole rings is 1. The van der Waals surface area contributed by atoms with E-state index in [2.05, 4.69) is 15.6 Å². The van der Waals surface area contributed by atoms with E-state index in [9.17, 15) is 18.8 Å². The van der Waals surface area contributed by atoms with Gasteiger partial charge in [-0.05, 0) is 38.0 Å². The predicted octanol–water partition coefficient (Wildman–Crippen LogP) is 3.94. The second kappa shape index (κ2) is 10.5. The molecule has 1 aliphatic carbocycles. The Morgan fingerprint density at radius 2 is 1.94 bits per heavy atom. The van der Waals surface area contributed by atoms with Gasteiger partial charge in [0.25, 0.3) is 0 Å². The fraction of sp³-hybridized carbons (Fsp3) is 0.391. The van der Waals surface area contributed by atoms with Crippen LogP contribution in [0.3, 0.4) is 0 Å². The van der Waals surface area contributed by atoms with Gasteiger partial charge >= 0.3 is 0 Å². The number of rotatable bonds is 7. The third-order valence-corrected chi connectivity index (χ3v) is 6.20. The molecular weight excluding hydrogens is 431 g/mol. The van der Waals surface area contributed by atoms with Gasteiger partial charge in [0.15, 0.2) is 5.13 Å². The van der Waals surface area contributed by atoms with Gasteiger partial charge in [-0.25, -0.2) is 9.37 Å². The molecule has 9 heteroatoms. The van der Waals surface area contributed by atoms with E-state index in [-0.39, 0.29) is 23.4 Å². The number of carbonyl (C=O) groups excluding carboxylic acids is 3. The lowest BCUT2D eigenvalue weighted by Gasteiger charge is -2.36. The number of likely N-dealkylation sites (N-methyl/N-ethyl adjacent to an activating group) is 1. The molecule has 1 aromatic heterocycles. The van der Waals surface area contributed by atoms with Crippen molar-refractivity contribution >= 4 is 46.0 Å². The normalized spacial score (nSPS) is 15.3. The molecule has 0 atom stereocenters. The standard InChI is InChI=1S/C23H27FN4O3S/c1-3-25-21(31)23(13-7-4-8-14-23)27-20(30)12-11-17-15-32-22(26-17)28(16(2)29)19-10-6-5-9-18(19)24/h5-6,9-12,15H,3-4,7-8,13-14H2,1-2H3,(H,25,31)(H,27,30). The van der Waals surface area contributed by atoms with Gasteiger partial charge in [0, 0.05) is 24.9 Å². The van der Waals surface area contributed by atoms with Crippen LogP contribution in [0.4, 0.5) is 15.2 Å². The quantitative estimate of drug-likeness (QED) is 0.615. The Balaban J connectivity index is 1.74. The maximum Gasteiger partial charge on any atom is 0.245 e. The smallest absolute Gasteiger partial charge is 0.245 e. The van der Waals surface area contributed by atoms with Crippen molar-refractivity contribution in [2.45, 2.75) is 51.5 Å². The van der Waals surface area contributed by atoms with Gasteiger partial charge in [-0.3, -0.25) is 19.3 Å². The van der Waals surface area contributed by atoms with E-state index >= 15 is 0 Å². The van der Waals surface area contributed by atoms with Crippen LogP contribution < -0.4 is 15.5 Å². The second-order valence-electron chi connectivity index (χ2n) is 7.69. The number of aromatic nitrogens is 1. The Morgan fingerprint density at radius 3 is 2.59 bits per heavy atom. The van der Waals surface area contributed by atoms with Gasteiger partial charge in [-0.15, -0.1) is 11.3 Å². The van der Waals surface area contributed by atoms with Crippen LogP contribution in [0.1, 0.15) is 51.6 Å². The molecule has 0 aliphatic heterocycles. The molecule has 7 nitrogen and oxygen atoms in total. The number of carbonyl (C=O) groups is 3. The van der Waals surface area contributed by atoms with Crippen molar-refractivity contribution in [3.05, 3.63) is 47.2 Å². The van der Waals surface area contributed by atoms with Crippen molar-refractivity contribution in [1.29, 1.82) is 0 Å². The first-order valence-corrected chi connectivity index (χ1v) is 11.5. The Kier molecular flexibility index (Phi) is 7.74. The second-order valence-corrected chi connectivity index (χ2v) is 8.52. The molecule has 1 heterocycles. The Hall–Kier alpha value is -3.07. The van der Waals surface area contributed by atoms with Gasteiger partial charge in [-0.2, -0.15) is 0 Å². The minimum Gasteiger partial charge on any atom is -0.354 e. The van der Waals surface area contributed by atoms with Crippen LogP contribution >= 0.6 is 11.3 Å². The molecule has 1 saturated carbocycles. The van der Waals surface area contributed by atoms with E-state index in [1.54, 1.807) is 17.5 Å². The molecule has 0 bridgehead atoms. The molecule has 3 rings (SSSR count). The topological polar surface area (TPSA) is 91.4 Å². The summed E-state index contributed by atoms with van der Waals surface area (Å²) in [6.45, 7) is 3.69. The molecule has 2 aromatic rings. The molecule has 3 amide bonds. The van der Waals surface area contributed by atoms with Crippen LogP contribution in [-0.4, -0.2) is 34.8 Å². The van der Waals surface area contributed by atoms with Gasteiger partial charge in [-0.1, -0.05) is 31.4 Å². The lowest BCUT2D eigenvalue weighted by molar-refractivity contribution is -0.133. The molecule has 0 spiro atoms. The number of benzene rings is 1. The highest BCUT2D eigenvalue weighted by molar-refractivity contribution is 7.14. The van der Waals surface area contributed by atoms with Gasteiger partial charge in [0.1, 0.15) is 11.4 Å². The van der Waals surface area contributed by atoms with Crippen molar-refractivity contribution in [3.8, 4) is 0 Å². The highest BCUT2D eigenvalue weighted by Gasteiger charge is 2.40. The minimum absolute atomic E-state index is 0.115. The summed E-state index contributed by atoms with van der Waals surface area (Å²) in [4.78, 5) is 42.9. The average Bonchev–Trinajstić information content (AvgIpc) is 3.23. The zero-order chi connectivity index (χ0) is 23.1. The number of hydrogen-bond acceptors (Lipinski definition) is 5. The van der Waals surface area contributed by atoms with Crippen LogP contribution in [0.15, 0.2) is 35.7 Å². The fourth-order valence-corrected chi connectivity index (χ4v) is 4.68.